The molecule has 2 aliphatic rings. The lowest BCUT2D eigenvalue weighted by atomic mass is 9.82. The molecule has 0 bridgehead atoms. The van der Waals surface area contributed by atoms with Gasteiger partial charge in [-0.25, -0.2) is 0 Å². The van der Waals surface area contributed by atoms with Gasteiger partial charge in [0, 0.05) is 12.1 Å². The minimum absolute atomic E-state index is 0.426. The topological polar surface area (TPSA) is 29.3 Å². The monoisotopic (exact) mass is 182 g/mol. The molecule has 13 heavy (non-hydrogen) atoms. The van der Waals surface area contributed by atoms with E-state index < -0.39 is 0 Å². The first-order valence-electron chi connectivity index (χ1n) is 5.54. The van der Waals surface area contributed by atoms with Gasteiger partial charge in [0.2, 0.25) is 0 Å². The summed E-state index contributed by atoms with van der Waals surface area (Å²) in [7, 11) is 2.24. The molecule has 0 aromatic heterocycles. The highest BCUT2D eigenvalue weighted by atomic mass is 15.2. The van der Waals surface area contributed by atoms with Crippen molar-refractivity contribution < 1.29 is 0 Å². The van der Waals surface area contributed by atoms with E-state index in [-0.39, 0.29) is 0 Å². The molecule has 0 amide bonds. The summed E-state index contributed by atoms with van der Waals surface area (Å²) >= 11 is 0. The van der Waals surface area contributed by atoms with E-state index in [0.717, 1.165) is 5.92 Å². The van der Waals surface area contributed by atoms with E-state index in [1.807, 2.05) is 0 Å². The molecule has 0 spiro atoms. The molecule has 0 aromatic rings. The van der Waals surface area contributed by atoms with E-state index in [9.17, 15) is 0 Å². The highest BCUT2D eigenvalue weighted by Gasteiger charge is 2.56. The number of likely N-dealkylation sites (N-methyl/N-ethyl adjacent to an activating group) is 1. The lowest BCUT2D eigenvalue weighted by Crippen LogP contribution is -2.46. The summed E-state index contributed by atoms with van der Waals surface area (Å²) in [4.78, 5) is 2.48. The van der Waals surface area contributed by atoms with E-state index in [1.54, 1.807) is 0 Å². The van der Waals surface area contributed by atoms with E-state index in [2.05, 4.69) is 25.8 Å². The van der Waals surface area contributed by atoms with Crippen LogP contribution in [-0.4, -0.2) is 30.6 Å². The van der Waals surface area contributed by atoms with Crippen LogP contribution in [0.25, 0.3) is 0 Å². The Morgan fingerprint density at radius 3 is 2.31 bits per heavy atom. The maximum Gasteiger partial charge on any atom is 0.0303 e. The molecule has 1 aliphatic carbocycles. The quantitative estimate of drug-likeness (QED) is 0.700. The lowest BCUT2D eigenvalue weighted by Gasteiger charge is -2.34. The summed E-state index contributed by atoms with van der Waals surface area (Å²) in [5.74, 6) is 0.795. The molecular formula is C11H22N2. The molecule has 1 saturated carbocycles. The summed E-state index contributed by atoms with van der Waals surface area (Å²) in [5, 5.41) is 0. The van der Waals surface area contributed by atoms with Gasteiger partial charge < -0.3 is 10.6 Å². The second kappa shape index (κ2) is 2.96. The minimum Gasteiger partial charge on any atom is -0.326 e. The highest BCUT2D eigenvalue weighted by molar-refractivity contribution is 5.10. The lowest BCUT2D eigenvalue weighted by molar-refractivity contribution is 0.153. The Bertz CT molecular complexity index is 186. The van der Waals surface area contributed by atoms with Crippen LogP contribution in [0.2, 0.25) is 0 Å². The second-order valence-corrected chi connectivity index (χ2v) is 5.27. The number of nitrogens with two attached hydrogens (primary N) is 1. The Labute approximate surface area is 81.5 Å². The van der Waals surface area contributed by atoms with E-state index in [1.165, 1.54) is 25.8 Å². The number of hydrogen-bond donors (Lipinski definition) is 1. The first-order valence-corrected chi connectivity index (χ1v) is 5.54. The van der Waals surface area contributed by atoms with Gasteiger partial charge in [-0.3, -0.25) is 0 Å². The average molecular weight is 182 g/mol. The van der Waals surface area contributed by atoms with E-state index in [4.69, 9.17) is 5.73 Å². The maximum atomic E-state index is 6.19. The van der Waals surface area contributed by atoms with Crippen LogP contribution in [0.15, 0.2) is 0 Å². The molecule has 2 nitrogen and oxygen atoms in total. The largest absolute Gasteiger partial charge is 0.326 e. The molecule has 0 radical (unpaired) electrons. The molecule has 76 valence electrons. The van der Waals surface area contributed by atoms with Crippen molar-refractivity contribution in [1.82, 2.24) is 4.90 Å². The first kappa shape index (κ1) is 9.47. The standard InChI is InChI=1S/C11H22N2/c1-8(2)11(5-6-11)10-9(12)4-7-13(10)3/h8-10H,4-7,12H2,1-3H3. The molecule has 1 heterocycles. The fourth-order valence-electron chi connectivity index (χ4n) is 3.20. The molecule has 2 heteroatoms. The average Bonchev–Trinajstić information content (AvgIpc) is 2.77. The summed E-state index contributed by atoms with van der Waals surface area (Å²) in [6, 6.07) is 1.09. The number of hydrogen-bond acceptors (Lipinski definition) is 2. The van der Waals surface area contributed by atoms with Gasteiger partial charge in [0.1, 0.15) is 0 Å². The van der Waals surface area contributed by atoms with Gasteiger partial charge in [0.25, 0.3) is 0 Å². The molecule has 2 N–H and O–H groups in total. The highest BCUT2D eigenvalue weighted by Crippen LogP contribution is 2.57. The molecule has 1 saturated heterocycles. The van der Waals surface area contributed by atoms with Crippen molar-refractivity contribution in [3.05, 3.63) is 0 Å². The Kier molecular flexibility index (Phi) is 2.16. The smallest absolute Gasteiger partial charge is 0.0303 e. The summed E-state index contributed by atoms with van der Waals surface area (Å²) in [6.07, 6.45) is 3.98. The third-order valence-electron chi connectivity index (χ3n) is 4.26. The Morgan fingerprint density at radius 1 is 1.38 bits per heavy atom. The molecule has 0 aromatic carbocycles. The fraction of sp³-hybridized carbons (Fsp3) is 1.00. The maximum absolute atomic E-state index is 6.19. The van der Waals surface area contributed by atoms with Crippen LogP contribution >= 0.6 is 0 Å². The van der Waals surface area contributed by atoms with Gasteiger partial charge in [-0.1, -0.05) is 13.8 Å². The minimum atomic E-state index is 0.426. The molecule has 2 atom stereocenters. The van der Waals surface area contributed by atoms with Gasteiger partial charge in [-0.15, -0.1) is 0 Å². The van der Waals surface area contributed by atoms with Crippen molar-refractivity contribution in [2.75, 3.05) is 13.6 Å². The van der Waals surface area contributed by atoms with Crippen LogP contribution in [0, 0.1) is 11.3 Å². The van der Waals surface area contributed by atoms with Gasteiger partial charge in [-0.05, 0) is 44.2 Å². The molecule has 1 aliphatic heterocycles. The van der Waals surface area contributed by atoms with E-state index in [0.29, 0.717) is 17.5 Å². The van der Waals surface area contributed by atoms with Crippen molar-refractivity contribution in [3.8, 4) is 0 Å². The van der Waals surface area contributed by atoms with Gasteiger partial charge >= 0.3 is 0 Å². The molecular weight excluding hydrogens is 160 g/mol. The first-order chi connectivity index (χ1) is 6.08. The van der Waals surface area contributed by atoms with Crippen molar-refractivity contribution in [2.45, 2.75) is 45.2 Å². The fourth-order valence-corrected chi connectivity index (χ4v) is 3.20. The second-order valence-electron chi connectivity index (χ2n) is 5.27. The molecule has 2 rings (SSSR count). The zero-order valence-electron chi connectivity index (χ0n) is 9.09. The predicted molar refractivity (Wildman–Crippen MR) is 55.5 cm³/mol. The molecule has 2 fully saturated rings. The Hall–Kier alpha value is -0.0800. The third kappa shape index (κ3) is 1.31. The van der Waals surface area contributed by atoms with Gasteiger partial charge in [0.15, 0.2) is 0 Å². The third-order valence-corrected chi connectivity index (χ3v) is 4.26. The van der Waals surface area contributed by atoms with Crippen molar-refractivity contribution in [1.29, 1.82) is 0 Å². The summed E-state index contributed by atoms with van der Waals surface area (Å²) < 4.78 is 0. The van der Waals surface area contributed by atoms with E-state index >= 15 is 0 Å². The number of rotatable bonds is 2. The van der Waals surface area contributed by atoms with Crippen molar-refractivity contribution in [3.63, 3.8) is 0 Å². The summed E-state index contributed by atoms with van der Waals surface area (Å²) in [5.41, 5.74) is 6.77. The summed E-state index contributed by atoms with van der Waals surface area (Å²) in [6.45, 7) is 5.90. The Balaban J connectivity index is 2.15. The normalized spacial score (nSPS) is 38.5. The van der Waals surface area contributed by atoms with Crippen LogP contribution in [-0.2, 0) is 0 Å². The van der Waals surface area contributed by atoms with Gasteiger partial charge in [0.05, 0.1) is 0 Å². The van der Waals surface area contributed by atoms with Crippen molar-refractivity contribution in [2.24, 2.45) is 17.1 Å². The molecule has 2 unspecified atom stereocenters. The number of likely N-dealkylation sites (tertiary alicyclic amines) is 1. The van der Waals surface area contributed by atoms with Crippen LogP contribution < -0.4 is 5.73 Å². The van der Waals surface area contributed by atoms with Crippen molar-refractivity contribution >= 4 is 0 Å². The predicted octanol–water partition coefficient (Wildman–Crippen LogP) is 1.45. The zero-order chi connectivity index (χ0) is 9.64. The van der Waals surface area contributed by atoms with Gasteiger partial charge in [-0.2, -0.15) is 0 Å². The zero-order valence-corrected chi connectivity index (χ0v) is 9.09. The van der Waals surface area contributed by atoms with Crippen LogP contribution in [0.1, 0.15) is 33.1 Å². The van der Waals surface area contributed by atoms with Crippen LogP contribution in [0.3, 0.4) is 0 Å². The Morgan fingerprint density at radius 2 is 2.00 bits per heavy atom. The number of nitrogens with zero attached hydrogens (tertiary/aromatic N) is 1. The van der Waals surface area contributed by atoms with Crippen LogP contribution in [0.5, 0.6) is 0 Å². The van der Waals surface area contributed by atoms with Crippen LogP contribution in [0.4, 0.5) is 0 Å². The SMILES string of the molecule is CC(C)C1(C2C(N)CCN2C)CC1.